The smallest absolute Gasteiger partial charge is 0.381 e. The topological polar surface area (TPSA) is 68.2 Å². The van der Waals surface area contributed by atoms with Crippen molar-refractivity contribution in [3.05, 3.63) is 0 Å². The zero-order chi connectivity index (χ0) is 22.3. The molecule has 182 valence electrons. The number of ether oxygens (including phenoxy) is 1. The lowest BCUT2D eigenvalue weighted by molar-refractivity contribution is 0.0992. The van der Waals surface area contributed by atoms with E-state index in [-0.39, 0.29) is 13.2 Å². The number of hydrogen-bond donors (Lipinski definition) is 1. The molecule has 0 aromatic carbocycles. The van der Waals surface area contributed by atoms with E-state index in [9.17, 15) is 9.46 Å². The quantitative estimate of drug-likeness (QED) is 0.132. The zero-order valence-corrected chi connectivity index (χ0v) is 21.0. The van der Waals surface area contributed by atoms with Gasteiger partial charge in [-0.3, -0.25) is 9.05 Å². The van der Waals surface area contributed by atoms with Crippen LogP contribution in [0.2, 0.25) is 0 Å². The predicted octanol–water partition coefficient (Wildman–Crippen LogP) is 6.57. The van der Waals surface area contributed by atoms with Crippen LogP contribution in [0.15, 0.2) is 0 Å². The molecule has 0 rings (SSSR count). The molecule has 6 nitrogen and oxygen atoms in total. The maximum atomic E-state index is 11.6. The molecule has 0 fully saturated rings. The van der Waals surface area contributed by atoms with E-state index in [0.29, 0.717) is 19.6 Å². The Kier molecular flexibility index (Phi) is 22.3. The molecule has 0 saturated carbocycles. The molecular weight excluding hydrogens is 401 g/mol. The number of unbranched alkanes of at least 4 members (excludes halogenated alkanes) is 13. The Morgan fingerprint density at radius 3 is 1.57 bits per heavy atom. The SMILES string of the molecule is CCCCCCCCCCCCCCCCOCCCOP(=O)(O)OCCN(C)C. The van der Waals surface area contributed by atoms with Crippen LogP contribution in [0, 0.1) is 0 Å². The normalized spacial score (nSPS) is 13.8. The van der Waals surface area contributed by atoms with Gasteiger partial charge in [0.2, 0.25) is 0 Å². The summed E-state index contributed by atoms with van der Waals surface area (Å²) in [5, 5.41) is 0. The van der Waals surface area contributed by atoms with Crippen molar-refractivity contribution >= 4 is 7.82 Å². The highest BCUT2D eigenvalue weighted by atomic mass is 31.2. The van der Waals surface area contributed by atoms with E-state index in [4.69, 9.17) is 13.8 Å². The van der Waals surface area contributed by atoms with Gasteiger partial charge < -0.3 is 14.5 Å². The van der Waals surface area contributed by atoms with Crippen molar-refractivity contribution in [1.29, 1.82) is 0 Å². The molecule has 0 aromatic rings. The second-order valence-electron chi connectivity index (χ2n) is 8.50. The van der Waals surface area contributed by atoms with E-state index >= 15 is 0 Å². The number of hydrogen-bond acceptors (Lipinski definition) is 5. The number of nitrogens with zero attached hydrogens (tertiary/aromatic N) is 1. The van der Waals surface area contributed by atoms with Gasteiger partial charge in [-0.15, -0.1) is 0 Å². The molecule has 7 heteroatoms. The fourth-order valence-corrected chi connectivity index (χ4v) is 3.96. The summed E-state index contributed by atoms with van der Waals surface area (Å²) in [5.74, 6) is 0. The lowest BCUT2D eigenvalue weighted by Crippen LogP contribution is -2.17. The molecule has 0 aliphatic carbocycles. The first-order chi connectivity index (χ1) is 14.5. The molecule has 0 amide bonds. The highest BCUT2D eigenvalue weighted by Crippen LogP contribution is 2.42. The number of rotatable bonds is 24. The van der Waals surface area contributed by atoms with Crippen LogP contribution in [0.5, 0.6) is 0 Å². The summed E-state index contributed by atoms with van der Waals surface area (Å²) in [6.07, 6.45) is 19.5. The van der Waals surface area contributed by atoms with E-state index in [1.165, 1.54) is 83.5 Å². The van der Waals surface area contributed by atoms with Gasteiger partial charge in [-0.2, -0.15) is 0 Å². The number of phosphoric acid groups is 1. The average molecular weight is 452 g/mol. The Labute approximate surface area is 186 Å². The van der Waals surface area contributed by atoms with Gasteiger partial charge >= 0.3 is 7.82 Å². The third kappa shape index (κ3) is 24.3. The van der Waals surface area contributed by atoms with Crippen LogP contribution in [0.3, 0.4) is 0 Å². The van der Waals surface area contributed by atoms with Crippen LogP contribution in [0.4, 0.5) is 0 Å². The molecule has 1 unspecified atom stereocenters. The summed E-state index contributed by atoms with van der Waals surface area (Å²) >= 11 is 0. The molecule has 0 aliphatic rings. The second-order valence-corrected chi connectivity index (χ2v) is 9.95. The first-order valence-corrected chi connectivity index (χ1v) is 13.8. The van der Waals surface area contributed by atoms with Crippen molar-refractivity contribution in [2.45, 2.75) is 103 Å². The van der Waals surface area contributed by atoms with Crippen LogP contribution in [0.25, 0.3) is 0 Å². The average Bonchev–Trinajstić information content (AvgIpc) is 2.69. The van der Waals surface area contributed by atoms with Crippen LogP contribution in [-0.4, -0.2) is 56.9 Å². The lowest BCUT2D eigenvalue weighted by atomic mass is 10.0. The van der Waals surface area contributed by atoms with Gasteiger partial charge in [0.1, 0.15) is 0 Å². The first kappa shape index (κ1) is 30.0. The Bertz CT molecular complexity index is 396. The third-order valence-electron chi connectivity index (χ3n) is 5.12. The standard InChI is InChI=1S/C23H50NO5P/c1-4-5-6-7-8-9-10-11-12-13-14-15-16-17-20-27-21-18-22-28-30(25,26)29-23-19-24(2)3/h4-23H2,1-3H3,(H,25,26). The highest BCUT2D eigenvalue weighted by Gasteiger charge is 2.20. The summed E-state index contributed by atoms with van der Waals surface area (Å²) in [5.41, 5.74) is 0. The number of phosphoric ester groups is 1. The molecule has 30 heavy (non-hydrogen) atoms. The summed E-state index contributed by atoms with van der Waals surface area (Å²) in [6, 6.07) is 0. The van der Waals surface area contributed by atoms with Gasteiger partial charge in [0.05, 0.1) is 13.2 Å². The van der Waals surface area contributed by atoms with E-state index < -0.39 is 7.82 Å². The Balaban J connectivity index is 3.20. The fourth-order valence-electron chi connectivity index (χ4n) is 3.22. The maximum Gasteiger partial charge on any atom is 0.472 e. The molecule has 0 saturated heterocycles. The van der Waals surface area contributed by atoms with Crippen molar-refractivity contribution in [2.75, 3.05) is 47.1 Å². The molecule has 1 atom stereocenters. The molecule has 0 radical (unpaired) electrons. The van der Waals surface area contributed by atoms with Crippen molar-refractivity contribution < 1.29 is 23.2 Å². The summed E-state index contributed by atoms with van der Waals surface area (Å²) in [4.78, 5) is 11.4. The molecule has 0 aromatic heterocycles. The Morgan fingerprint density at radius 2 is 1.07 bits per heavy atom. The zero-order valence-electron chi connectivity index (χ0n) is 20.1. The van der Waals surface area contributed by atoms with Gasteiger partial charge in [-0.1, -0.05) is 90.4 Å². The van der Waals surface area contributed by atoms with Crippen molar-refractivity contribution in [3.8, 4) is 0 Å². The van der Waals surface area contributed by atoms with Crippen LogP contribution < -0.4 is 0 Å². The van der Waals surface area contributed by atoms with Crippen LogP contribution in [0.1, 0.15) is 103 Å². The monoisotopic (exact) mass is 451 g/mol. The number of likely N-dealkylation sites (N-methyl/N-ethyl adjacent to an activating group) is 1. The minimum Gasteiger partial charge on any atom is -0.381 e. The van der Waals surface area contributed by atoms with E-state index in [1.54, 1.807) is 0 Å². The lowest BCUT2D eigenvalue weighted by Gasteiger charge is -2.14. The van der Waals surface area contributed by atoms with E-state index in [2.05, 4.69) is 6.92 Å². The van der Waals surface area contributed by atoms with Gasteiger partial charge in [0, 0.05) is 19.8 Å². The Morgan fingerprint density at radius 1 is 0.633 bits per heavy atom. The molecule has 0 aliphatic heterocycles. The highest BCUT2D eigenvalue weighted by molar-refractivity contribution is 7.47. The molecule has 0 heterocycles. The van der Waals surface area contributed by atoms with Gasteiger partial charge in [0.25, 0.3) is 0 Å². The van der Waals surface area contributed by atoms with Gasteiger partial charge in [-0.25, -0.2) is 4.57 Å². The second kappa shape index (κ2) is 22.2. The molecule has 1 N–H and O–H groups in total. The summed E-state index contributed by atoms with van der Waals surface area (Å²) in [6.45, 7) is 4.51. The van der Waals surface area contributed by atoms with Gasteiger partial charge in [0.15, 0.2) is 0 Å². The van der Waals surface area contributed by atoms with Crippen molar-refractivity contribution in [2.24, 2.45) is 0 Å². The van der Waals surface area contributed by atoms with Gasteiger partial charge in [-0.05, 0) is 26.9 Å². The largest absolute Gasteiger partial charge is 0.472 e. The summed E-state index contributed by atoms with van der Waals surface area (Å²) in [7, 11) is -0.170. The minimum absolute atomic E-state index is 0.175. The Hall–Kier alpha value is 0.0300. The van der Waals surface area contributed by atoms with E-state index in [1.807, 2.05) is 19.0 Å². The van der Waals surface area contributed by atoms with Crippen LogP contribution >= 0.6 is 7.82 Å². The molecule has 0 bridgehead atoms. The van der Waals surface area contributed by atoms with E-state index in [0.717, 1.165) is 13.0 Å². The minimum atomic E-state index is -3.92. The third-order valence-corrected chi connectivity index (χ3v) is 6.14. The molecule has 0 spiro atoms. The fraction of sp³-hybridized carbons (Fsp3) is 1.00. The maximum absolute atomic E-state index is 11.6. The predicted molar refractivity (Wildman–Crippen MR) is 126 cm³/mol. The van der Waals surface area contributed by atoms with Crippen molar-refractivity contribution in [1.82, 2.24) is 4.90 Å². The first-order valence-electron chi connectivity index (χ1n) is 12.3. The molecular formula is C23H50NO5P. The summed E-state index contributed by atoms with van der Waals surface area (Å²) < 4.78 is 27.0. The van der Waals surface area contributed by atoms with Crippen molar-refractivity contribution in [3.63, 3.8) is 0 Å². The van der Waals surface area contributed by atoms with Crippen LogP contribution in [-0.2, 0) is 18.3 Å².